The Morgan fingerprint density at radius 3 is 2.38 bits per heavy atom. The maximum Gasteiger partial charge on any atom is 0.327 e. The summed E-state index contributed by atoms with van der Waals surface area (Å²) in [5.41, 5.74) is 2.47. The smallest absolute Gasteiger partial charge is 0.327 e. The van der Waals surface area contributed by atoms with Gasteiger partial charge in [0.1, 0.15) is 0 Å². The van der Waals surface area contributed by atoms with Gasteiger partial charge in [0.2, 0.25) is 0 Å². The van der Waals surface area contributed by atoms with Crippen molar-refractivity contribution in [1.29, 1.82) is 0 Å². The third-order valence-corrected chi connectivity index (χ3v) is 1.85. The molecule has 0 amide bonds. The van der Waals surface area contributed by atoms with E-state index in [1.807, 2.05) is 19.1 Å². The number of rotatable bonds is 6. The summed E-state index contributed by atoms with van der Waals surface area (Å²) in [6.07, 6.45) is 12.7. The van der Waals surface area contributed by atoms with Gasteiger partial charge in [-0.1, -0.05) is 41.5 Å². The van der Waals surface area contributed by atoms with Gasteiger partial charge in [0.15, 0.2) is 0 Å². The standard InChI is InChI=1S/C14H20O2/c1-12(2)8-7-10-13(3)9-5-4-6-11-14(15)16/h6-11H,4-5H2,1-3H3,(H,15,16). The van der Waals surface area contributed by atoms with E-state index in [1.54, 1.807) is 6.08 Å². The lowest BCUT2D eigenvalue weighted by Gasteiger charge is -1.91. The Bertz CT molecular complexity index is 327. The first-order valence-corrected chi connectivity index (χ1v) is 5.40. The Kier molecular flexibility index (Phi) is 7.86. The van der Waals surface area contributed by atoms with E-state index in [2.05, 4.69) is 26.0 Å². The zero-order valence-electron chi connectivity index (χ0n) is 10.2. The molecular formula is C14H20O2. The summed E-state index contributed by atoms with van der Waals surface area (Å²) in [7, 11) is 0. The third kappa shape index (κ3) is 10.5. The molecule has 1 N–H and O–H groups in total. The molecule has 0 unspecified atom stereocenters. The highest BCUT2D eigenvalue weighted by atomic mass is 16.4. The van der Waals surface area contributed by atoms with Crippen LogP contribution in [-0.4, -0.2) is 11.1 Å². The molecule has 0 aliphatic heterocycles. The summed E-state index contributed by atoms with van der Waals surface area (Å²) < 4.78 is 0. The second-order valence-electron chi connectivity index (χ2n) is 3.87. The van der Waals surface area contributed by atoms with Crippen molar-refractivity contribution in [2.75, 3.05) is 0 Å². The molecule has 16 heavy (non-hydrogen) atoms. The quantitative estimate of drug-likeness (QED) is 0.419. The molecular weight excluding hydrogens is 200 g/mol. The fraction of sp³-hybridized carbons (Fsp3) is 0.357. The van der Waals surface area contributed by atoms with E-state index in [1.165, 1.54) is 17.2 Å². The van der Waals surface area contributed by atoms with Gasteiger partial charge in [-0.15, -0.1) is 0 Å². The highest BCUT2D eigenvalue weighted by molar-refractivity contribution is 5.79. The van der Waals surface area contributed by atoms with Gasteiger partial charge in [-0.2, -0.15) is 0 Å². The Morgan fingerprint density at radius 2 is 1.81 bits per heavy atom. The molecule has 0 saturated carbocycles. The van der Waals surface area contributed by atoms with E-state index >= 15 is 0 Å². The number of allylic oxidation sites excluding steroid dienone is 7. The van der Waals surface area contributed by atoms with Crippen molar-refractivity contribution >= 4 is 5.97 Å². The molecule has 0 rings (SSSR count). The maximum atomic E-state index is 10.2. The van der Waals surface area contributed by atoms with Crippen LogP contribution in [0.3, 0.4) is 0 Å². The van der Waals surface area contributed by atoms with Crippen molar-refractivity contribution in [2.45, 2.75) is 33.6 Å². The minimum Gasteiger partial charge on any atom is -0.478 e. The average molecular weight is 220 g/mol. The minimum absolute atomic E-state index is 0.764. The van der Waals surface area contributed by atoms with E-state index < -0.39 is 5.97 Å². The number of unbranched alkanes of at least 4 members (excludes halogenated alkanes) is 1. The van der Waals surface area contributed by atoms with Gasteiger partial charge in [-0.05, 0) is 33.6 Å². The maximum absolute atomic E-state index is 10.2. The Labute approximate surface area is 97.7 Å². The minimum atomic E-state index is -0.885. The van der Waals surface area contributed by atoms with Crippen LogP contribution in [0.15, 0.2) is 47.6 Å². The molecule has 0 aromatic rings. The van der Waals surface area contributed by atoms with E-state index in [0.717, 1.165) is 12.8 Å². The van der Waals surface area contributed by atoms with Crippen molar-refractivity contribution in [3.8, 4) is 0 Å². The molecule has 2 heteroatoms. The second kappa shape index (κ2) is 8.72. The van der Waals surface area contributed by atoms with E-state index in [4.69, 9.17) is 5.11 Å². The van der Waals surface area contributed by atoms with E-state index in [9.17, 15) is 4.79 Å². The topological polar surface area (TPSA) is 37.3 Å². The summed E-state index contributed by atoms with van der Waals surface area (Å²) in [5, 5.41) is 8.37. The van der Waals surface area contributed by atoms with Gasteiger partial charge in [0.05, 0.1) is 0 Å². The predicted molar refractivity (Wildman–Crippen MR) is 68.3 cm³/mol. The molecule has 0 aliphatic carbocycles. The fourth-order valence-electron chi connectivity index (χ4n) is 1.05. The lowest BCUT2D eigenvalue weighted by Crippen LogP contribution is -1.85. The molecule has 0 radical (unpaired) electrons. The van der Waals surface area contributed by atoms with Gasteiger partial charge in [-0.3, -0.25) is 0 Å². The molecule has 0 saturated heterocycles. The Balaban J connectivity index is 3.92. The highest BCUT2D eigenvalue weighted by Crippen LogP contribution is 2.02. The van der Waals surface area contributed by atoms with Crippen molar-refractivity contribution in [2.24, 2.45) is 0 Å². The van der Waals surface area contributed by atoms with E-state index in [-0.39, 0.29) is 0 Å². The van der Waals surface area contributed by atoms with Gasteiger partial charge < -0.3 is 5.11 Å². The molecule has 0 fully saturated rings. The first-order valence-electron chi connectivity index (χ1n) is 5.40. The fourth-order valence-corrected chi connectivity index (χ4v) is 1.05. The van der Waals surface area contributed by atoms with Crippen LogP contribution >= 0.6 is 0 Å². The molecule has 88 valence electrons. The zero-order chi connectivity index (χ0) is 12.4. The molecule has 0 bridgehead atoms. The van der Waals surface area contributed by atoms with Crippen molar-refractivity contribution in [3.05, 3.63) is 47.6 Å². The number of carboxylic acids is 1. The summed E-state index contributed by atoms with van der Waals surface area (Å²) >= 11 is 0. The normalized spacial score (nSPS) is 12.3. The monoisotopic (exact) mass is 220 g/mol. The van der Waals surface area contributed by atoms with Gasteiger partial charge in [-0.25, -0.2) is 4.79 Å². The Morgan fingerprint density at radius 1 is 1.12 bits per heavy atom. The van der Waals surface area contributed by atoms with Crippen LogP contribution in [0.25, 0.3) is 0 Å². The second-order valence-corrected chi connectivity index (χ2v) is 3.87. The number of hydrogen-bond donors (Lipinski definition) is 1. The molecule has 2 nitrogen and oxygen atoms in total. The SMILES string of the molecule is CC(C)=CC=CC(C)=CCCC=CC(=O)O. The highest BCUT2D eigenvalue weighted by Gasteiger charge is 1.85. The van der Waals surface area contributed by atoms with Crippen LogP contribution < -0.4 is 0 Å². The van der Waals surface area contributed by atoms with Crippen LogP contribution in [0.1, 0.15) is 33.6 Å². The zero-order valence-corrected chi connectivity index (χ0v) is 10.2. The lowest BCUT2D eigenvalue weighted by molar-refractivity contribution is -0.131. The first kappa shape index (κ1) is 14.4. The van der Waals surface area contributed by atoms with Gasteiger partial charge in [0.25, 0.3) is 0 Å². The summed E-state index contributed by atoms with van der Waals surface area (Å²) in [5.74, 6) is -0.885. The Hall–Kier alpha value is -1.57. The molecule has 0 aliphatic rings. The largest absolute Gasteiger partial charge is 0.478 e. The number of carbonyl (C=O) groups is 1. The van der Waals surface area contributed by atoms with Crippen molar-refractivity contribution in [3.63, 3.8) is 0 Å². The third-order valence-electron chi connectivity index (χ3n) is 1.85. The van der Waals surface area contributed by atoms with Gasteiger partial charge in [0, 0.05) is 6.08 Å². The van der Waals surface area contributed by atoms with Crippen LogP contribution in [0.5, 0.6) is 0 Å². The van der Waals surface area contributed by atoms with Crippen molar-refractivity contribution in [1.82, 2.24) is 0 Å². The van der Waals surface area contributed by atoms with Crippen LogP contribution in [0.2, 0.25) is 0 Å². The molecule has 0 spiro atoms. The van der Waals surface area contributed by atoms with Crippen molar-refractivity contribution < 1.29 is 9.90 Å². The lowest BCUT2D eigenvalue weighted by atomic mass is 10.2. The first-order chi connectivity index (χ1) is 7.52. The molecule has 0 aromatic carbocycles. The summed E-state index contributed by atoms with van der Waals surface area (Å²) in [6, 6.07) is 0. The molecule has 0 heterocycles. The summed E-state index contributed by atoms with van der Waals surface area (Å²) in [4.78, 5) is 10.2. The predicted octanol–water partition coefficient (Wildman–Crippen LogP) is 3.88. The van der Waals surface area contributed by atoms with E-state index in [0.29, 0.717) is 0 Å². The van der Waals surface area contributed by atoms with Crippen LogP contribution in [0.4, 0.5) is 0 Å². The molecule has 0 aromatic heterocycles. The van der Waals surface area contributed by atoms with Gasteiger partial charge >= 0.3 is 5.97 Å². The average Bonchev–Trinajstić information content (AvgIpc) is 2.16. The number of aliphatic carboxylic acids is 1. The summed E-state index contributed by atoms with van der Waals surface area (Å²) in [6.45, 7) is 6.15. The number of hydrogen-bond acceptors (Lipinski definition) is 1. The van der Waals surface area contributed by atoms with Crippen LogP contribution in [0, 0.1) is 0 Å². The number of carboxylic acid groups (broad SMARTS) is 1. The molecule has 0 atom stereocenters. The van der Waals surface area contributed by atoms with Crippen LogP contribution in [-0.2, 0) is 4.79 Å².